The summed E-state index contributed by atoms with van der Waals surface area (Å²) >= 11 is 0. The Morgan fingerprint density at radius 3 is 0.727 bits per heavy atom. The maximum atomic E-state index is 16.1. The van der Waals surface area contributed by atoms with Gasteiger partial charge in [0.2, 0.25) is 0 Å². The van der Waals surface area contributed by atoms with E-state index in [1.165, 1.54) is 9.44 Å². The number of halogens is 4. The first-order valence-electron chi connectivity index (χ1n) is 16.5. The second-order valence-corrected chi connectivity index (χ2v) is 31.4. The Bertz CT molecular complexity index is 854. The highest BCUT2D eigenvalue weighted by Gasteiger charge is 2.67. The molecular weight excluding hydrogens is 633 g/mol. The molecule has 0 saturated carbocycles. The summed E-state index contributed by atoms with van der Waals surface area (Å²) in [5, 5.41) is 0. The van der Waals surface area contributed by atoms with Crippen LogP contribution in [0.3, 0.4) is 0 Å². The van der Waals surface area contributed by atoms with Crippen molar-refractivity contribution >= 4 is 76.9 Å². The lowest BCUT2D eigenvalue weighted by Gasteiger charge is -2.66. The first-order valence-corrected chi connectivity index (χ1v) is 28.3. The van der Waals surface area contributed by atoms with Crippen LogP contribution in [-0.4, -0.2) is 153 Å². The van der Waals surface area contributed by atoms with Crippen LogP contribution in [-0.2, 0) is 0 Å². The lowest BCUT2D eigenvalue weighted by atomic mass is 9.63. The van der Waals surface area contributed by atoms with Crippen molar-refractivity contribution in [2.75, 3.05) is 39.3 Å². The molecule has 3 fully saturated rings. The van der Waals surface area contributed by atoms with Crippen LogP contribution in [0, 0.1) is 0 Å². The molecule has 0 amide bonds. The van der Waals surface area contributed by atoms with Gasteiger partial charge in [0.1, 0.15) is 0 Å². The lowest BCUT2D eigenvalue weighted by Crippen LogP contribution is -2.97. The predicted octanol–water partition coefficient (Wildman–Crippen LogP) is 2.34. The van der Waals surface area contributed by atoms with Crippen LogP contribution >= 0.6 is 0 Å². The molecule has 3 heterocycles. The van der Waals surface area contributed by atoms with Gasteiger partial charge in [-0.15, -0.1) is 0 Å². The SMILES string of the molecule is CCN1B(F)N(CC)B(N2[Si](C)(C)N[Si](C)(C)N(B3N(CC)B(F)N(CC)B(F)N3CC)[Si](C)(C)N[Si]2(C)C)N(CC)B1F. The van der Waals surface area contributed by atoms with Crippen LogP contribution in [0.5, 0.6) is 0 Å². The Morgan fingerprint density at radius 2 is 0.568 bits per heavy atom. The summed E-state index contributed by atoms with van der Waals surface area (Å²) in [6, 6.07) is 0. The normalized spacial score (nSPS) is 27.4. The van der Waals surface area contributed by atoms with E-state index < -0.39 is 76.9 Å². The fraction of sp³-hybridized carbons (Fsp3) is 1.00. The van der Waals surface area contributed by atoms with E-state index in [0.717, 1.165) is 0 Å². The van der Waals surface area contributed by atoms with Crippen molar-refractivity contribution in [1.29, 1.82) is 0 Å². The monoisotopic (exact) mass is 690 g/mol. The number of rotatable bonds is 8. The van der Waals surface area contributed by atoms with E-state index in [-0.39, 0.29) is 13.1 Å². The van der Waals surface area contributed by atoms with Gasteiger partial charge in [0.25, 0.3) is 0 Å². The zero-order valence-electron chi connectivity index (χ0n) is 29.8. The zero-order chi connectivity index (χ0) is 33.7. The highest BCUT2D eigenvalue weighted by Crippen LogP contribution is 2.35. The van der Waals surface area contributed by atoms with Gasteiger partial charge >= 0.3 is 43.3 Å². The van der Waals surface area contributed by atoms with E-state index in [2.05, 4.69) is 70.0 Å². The van der Waals surface area contributed by atoms with Gasteiger partial charge in [-0.25, -0.2) is 0 Å². The topological polar surface area (TPSA) is 50.0 Å². The molecule has 0 radical (unpaired) electrons. The second kappa shape index (κ2) is 14.2. The maximum absolute atomic E-state index is 16.1. The van der Waals surface area contributed by atoms with Gasteiger partial charge in [0, 0.05) is 0 Å². The first-order chi connectivity index (χ1) is 20.2. The van der Waals surface area contributed by atoms with Crippen LogP contribution in [0.15, 0.2) is 0 Å². The smallest absolute Gasteiger partial charge is 0.337 e. The quantitative estimate of drug-likeness (QED) is 0.294. The van der Waals surface area contributed by atoms with Crippen molar-refractivity contribution < 1.29 is 17.3 Å². The summed E-state index contributed by atoms with van der Waals surface area (Å²) in [5.74, 6) is 0. The molecule has 0 bridgehead atoms. The maximum Gasteiger partial charge on any atom is 0.504 e. The Morgan fingerprint density at radius 1 is 0.386 bits per heavy atom. The molecule has 3 aliphatic rings. The molecule has 0 aromatic rings. The molecule has 0 unspecified atom stereocenters. The van der Waals surface area contributed by atoms with E-state index >= 15 is 17.3 Å². The van der Waals surface area contributed by atoms with E-state index in [0.29, 0.717) is 26.2 Å². The van der Waals surface area contributed by atoms with Gasteiger partial charge in [0.15, 0.2) is 33.6 Å². The van der Waals surface area contributed by atoms with Crippen LogP contribution in [0.4, 0.5) is 17.3 Å². The molecule has 3 saturated heterocycles. The zero-order valence-corrected chi connectivity index (χ0v) is 33.8. The Labute approximate surface area is 272 Å². The average Bonchev–Trinajstić information content (AvgIpc) is 2.87. The summed E-state index contributed by atoms with van der Waals surface area (Å²) < 4.78 is 87.5. The molecule has 24 heteroatoms. The Kier molecular flexibility index (Phi) is 12.6. The predicted molar refractivity (Wildman–Crippen MR) is 193 cm³/mol. The lowest BCUT2D eigenvalue weighted by molar-refractivity contribution is 0.359. The van der Waals surface area contributed by atoms with Gasteiger partial charge < -0.3 is 36.5 Å². The summed E-state index contributed by atoms with van der Waals surface area (Å²) in [7, 11) is -18.2. The van der Waals surface area contributed by atoms with Crippen LogP contribution < -0.4 is 9.30 Å². The van der Waals surface area contributed by atoms with Crippen molar-refractivity contribution in [1.82, 2.24) is 45.9 Å². The molecule has 0 aromatic heterocycles. The van der Waals surface area contributed by atoms with E-state index in [4.69, 9.17) is 0 Å². The van der Waals surface area contributed by atoms with Crippen molar-refractivity contribution in [2.24, 2.45) is 0 Å². The molecule has 0 spiro atoms. The number of hydrogen-bond donors (Lipinski definition) is 2. The highest BCUT2D eigenvalue weighted by atomic mass is 28.5. The van der Waals surface area contributed by atoms with Crippen molar-refractivity contribution in [3.8, 4) is 0 Å². The molecule has 44 heavy (non-hydrogen) atoms. The third-order valence-electron chi connectivity index (χ3n) is 9.66. The minimum atomic E-state index is -2.70. The molecule has 248 valence electrons. The molecule has 0 aliphatic carbocycles. The summed E-state index contributed by atoms with van der Waals surface area (Å²) in [6.45, 7) is 31.4. The van der Waals surface area contributed by atoms with Crippen molar-refractivity contribution in [2.45, 2.75) is 93.9 Å². The number of hydrogen-bond acceptors (Lipinski definition) is 10. The van der Waals surface area contributed by atoms with Crippen LogP contribution in [0.25, 0.3) is 0 Å². The summed E-state index contributed by atoms with van der Waals surface area (Å²) in [5.41, 5.74) is 0. The van der Waals surface area contributed by atoms with Gasteiger partial charge in [-0.05, 0) is 91.6 Å². The van der Waals surface area contributed by atoms with Crippen molar-refractivity contribution in [3.05, 3.63) is 0 Å². The van der Waals surface area contributed by atoms with Gasteiger partial charge in [0.05, 0.1) is 0 Å². The Hall–Kier alpha value is 0.577. The summed E-state index contributed by atoms with van der Waals surface area (Å²) in [6.07, 6.45) is 0. The second-order valence-electron chi connectivity index (χ2n) is 14.1. The average molecular weight is 690 g/mol. The van der Waals surface area contributed by atoms with Gasteiger partial charge in [-0.2, -0.15) is 0 Å². The van der Waals surface area contributed by atoms with Crippen LogP contribution in [0.2, 0.25) is 52.4 Å². The molecule has 3 aliphatic heterocycles. The standard InChI is InChI=1S/C20H56B6F4N10Si4/c1-15-33-21(27)35(17-3)25(36(18-4)22(33)28)39-41(7,8)31-43(11,12)40(44(13,14)32-42(39,9)10)26-37(19-5)23(29)34(16-2)24(30)38(26)20-6/h31-32H,15-20H2,1-14H3. The van der Waals surface area contributed by atoms with Gasteiger partial charge in [-0.3, -0.25) is 26.7 Å². The van der Waals surface area contributed by atoms with E-state index in [1.807, 2.05) is 27.7 Å². The highest BCUT2D eigenvalue weighted by molar-refractivity contribution is 7.12. The number of nitrogens with one attached hydrogen (secondary N) is 2. The third kappa shape index (κ3) is 6.73. The van der Waals surface area contributed by atoms with E-state index in [1.54, 1.807) is 32.7 Å². The minimum absolute atomic E-state index is 0.263. The minimum Gasteiger partial charge on any atom is -0.337 e. The number of nitrogens with zero attached hydrogens (tertiary/aromatic N) is 8. The van der Waals surface area contributed by atoms with E-state index in [9.17, 15) is 0 Å². The fourth-order valence-electron chi connectivity index (χ4n) is 8.53. The molecule has 0 aromatic carbocycles. The Balaban J connectivity index is 2.22. The van der Waals surface area contributed by atoms with Crippen LogP contribution in [0.1, 0.15) is 41.5 Å². The third-order valence-corrected chi connectivity index (χ3v) is 31.9. The molecule has 2 N–H and O–H groups in total. The molecule has 10 nitrogen and oxygen atoms in total. The largest absolute Gasteiger partial charge is 0.504 e. The molecular formula is C20H56B6F4N10Si4. The molecule has 0 atom stereocenters. The van der Waals surface area contributed by atoms with Crippen molar-refractivity contribution in [3.63, 3.8) is 0 Å². The van der Waals surface area contributed by atoms with Gasteiger partial charge in [-0.1, -0.05) is 41.5 Å². The fourth-order valence-corrected chi connectivity index (χ4v) is 39.1. The summed E-state index contributed by atoms with van der Waals surface area (Å²) in [4.78, 5) is 0. The first kappa shape index (κ1) is 39.0. The molecule has 3 rings (SSSR count).